The number of benzene rings is 1. The Kier molecular flexibility index (Phi) is 5.18. The van der Waals surface area contributed by atoms with Gasteiger partial charge in [0.1, 0.15) is 0 Å². The molecule has 6 heteroatoms. The molecule has 0 saturated heterocycles. The first-order valence-corrected chi connectivity index (χ1v) is 7.58. The standard InChI is InChI=1S/C18H21N3O3/c1-12-6-5-7-15(13(12)2)19-16(22)11-21(4)18(24)14-8-9-20(3)17(23)10-14/h5-10H,11H2,1-4H3,(H,19,22). The van der Waals surface area contributed by atoms with E-state index in [1.165, 1.54) is 28.8 Å². The lowest BCUT2D eigenvalue weighted by atomic mass is 10.1. The van der Waals surface area contributed by atoms with Crippen molar-refractivity contribution in [3.63, 3.8) is 0 Å². The zero-order valence-corrected chi connectivity index (χ0v) is 14.3. The van der Waals surface area contributed by atoms with Crippen molar-refractivity contribution in [1.82, 2.24) is 9.47 Å². The number of anilines is 1. The minimum atomic E-state index is -0.371. The van der Waals surface area contributed by atoms with Crippen LogP contribution in [0, 0.1) is 13.8 Å². The molecule has 1 aromatic heterocycles. The first kappa shape index (κ1) is 17.5. The van der Waals surface area contributed by atoms with E-state index in [0.29, 0.717) is 0 Å². The zero-order chi connectivity index (χ0) is 17.9. The molecule has 24 heavy (non-hydrogen) atoms. The summed E-state index contributed by atoms with van der Waals surface area (Å²) in [5.74, 6) is -0.660. The number of amides is 2. The summed E-state index contributed by atoms with van der Waals surface area (Å²) in [5, 5.41) is 2.81. The van der Waals surface area contributed by atoms with Crippen LogP contribution in [0.4, 0.5) is 5.69 Å². The summed E-state index contributed by atoms with van der Waals surface area (Å²) >= 11 is 0. The monoisotopic (exact) mass is 327 g/mol. The SMILES string of the molecule is Cc1cccc(NC(=O)CN(C)C(=O)c2ccn(C)c(=O)c2)c1C. The molecule has 0 fully saturated rings. The molecule has 6 nitrogen and oxygen atoms in total. The van der Waals surface area contributed by atoms with E-state index < -0.39 is 0 Å². The van der Waals surface area contributed by atoms with Crippen LogP contribution in [0.15, 0.2) is 41.3 Å². The Labute approximate surface area is 140 Å². The first-order valence-electron chi connectivity index (χ1n) is 7.58. The molecular weight excluding hydrogens is 306 g/mol. The molecule has 126 valence electrons. The lowest BCUT2D eigenvalue weighted by Crippen LogP contribution is -2.35. The molecular formula is C18H21N3O3. The fourth-order valence-electron chi connectivity index (χ4n) is 2.27. The van der Waals surface area contributed by atoms with Gasteiger partial charge in [0.15, 0.2) is 0 Å². The van der Waals surface area contributed by atoms with Gasteiger partial charge in [-0.15, -0.1) is 0 Å². The Morgan fingerprint density at radius 2 is 1.92 bits per heavy atom. The van der Waals surface area contributed by atoms with Crippen molar-refractivity contribution in [1.29, 1.82) is 0 Å². The highest BCUT2D eigenvalue weighted by Crippen LogP contribution is 2.17. The number of hydrogen-bond acceptors (Lipinski definition) is 3. The van der Waals surface area contributed by atoms with Crippen molar-refractivity contribution >= 4 is 17.5 Å². The lowest BCUT2D eigenvalue weighted by molar-refractivity contribution is -0.116. The van der Waals surface area contributed by atoms with E-state index in [-0.39, 0.29) is 29.5 Å². The molecule has 0 aliphatic rings. The number of hydrogen-bond donors (Lipinski definition) is 1. The van der Waals surface area contributed by atoms with E-state index in [1.54, 1.807) is 13.1 Å². The topological polar surface area (TPSA) is 71.4 Å². The number of carbonyl (C=O) groups is 2. The number of carbonyl (C=O) groups excluding carboxylic acids is 2. The highest BCUT2D eigenvalue weighted by atomic mass is 16.2. The summed E-state index contributed by atoms with van der Waals surface area (Å²) < 4.78 is 1.38. The molecule has 0 spiro atoms. The molecule has 1 N–H and O–H groups in total. The molecule has 2 amide bonds. The van der Waals surface area contributed by atoms with Gasteiger partial charge in [-0.1, -0.05) is 12.1 Å². The number of rotatable bonds is 4. The summed E-state index contributed by atoms with van der Waals surface area (Å²) in [6, 6.07) is 8.48. The van der Waals surface area contributed by atoms with Crippen molar-refractivity contribution in [3.8, 4) is 0 Å². The maximum Gasteiger partial charge on any atom is 0.254 e. The highest BCUT2D eigenvalue weighted by molar-refractivity contribution is 5.99. The predicted molar refractivity (Wildman–Crippen MR) is 93.2 cm³/mol. The van der Waals surface area contributed by atoms with Gasteiger partial charge in [0.2, 0.25) is 5.91 Å². The number of nitrogens with zero attached hydrogens (tertiary/aromatic N) is 2. The summed E-state index contributed by atoms with van der Waals surface area (Å²) in [5.41, 5.74) is 2.80. The van der Waals surface area contributed by atoms with E-state index in [0.717, 1.165) is 16.8 Å². The van der Waals surface area contributed by atoms with Crippen LogP contribution < -0.4 is 10.9 Å². The van der Waals surface area contributed by atoms with Crippen molar-refractivity contribution in [2.75, 3.05) is 18.9 Å². The normalized spacial score (nSPS) is 10.3. The van der Waals surface area contributed by atoms with Crippen LogP contribution in [0.1, 0.15) is 21.5 Å². The Morgan fingerprint density at radius 3 is 2.58 bits per heavy atom. The fourth-order valence-corrected chi connectivity index (χ4v) is 2.27. The smallest absolute Gasteiger partial charge is 0.254 e. The zero-order valence-electron chi connectivity index (χ0n) is 14.3. The first-order chi connectivity index (χ1) is 11.3. The van der Waals surface area contributed by atoms with Crippen LogP contribution in [0.5, 0.6) is 0 Å². The van der Waals surface area contributed by atoms with Gasteiger partial charge in [0, 0.05) is 37.6 Å². The molecule has 0 radical (unpaired) electrons. The van der Waals surface area contributed by atoms with E-state index in [9.17, 15) is 14.4 Å². The van der Waals surface area contributed by atoms with Gasteiger partial charge in [-0.2, -0.15) is 0 Å². The van der Waals surface area contributed by atoms with Gasteiger partial charge in [0.05, 0.1) is 6.54 Å². The molecule has 0 aliphatic heterocycles. The molecule has 0 bridgehead atoms. The van der Waals surface area contributed by atoms with Crippen molar-refractivity contribution in [2.45, 2.75) is 13.8 Å². The van der Waals surface area contributed by atoms with Gasteiger partial charge in [-0.3, -0.25) is 14.4 Å². The maximum atomic E-state index is 12.3. The second-order valence-electron chi connectivity index (χ2n) is 5.82. The summed E-state index contributed by atoms with van der Waals surface area (Å²) in [4.78, 5) is 37.4. The second-order valence-corrected chi connectivity index (χ2v) is 5.82. The Morgan fingerprint density at radius 1 is 1.21 bits per heavy atom. The van der Waals surface area contributed by atoms with Crippen LogP contribution >= 0.6 is 0 Å². The second kappa shape index (κ2) is 7.12. The van der Waals surface area contributed by atoms with Gasteiger partial charge >= 0.3 is 0 Å². The van der Waals surface area contributed by atoms with E-state index in [4.69, 9.17) is 0 Å². The van der Waals surface area contributed by atoms with E-state index >= 15 is 0 Å². The Bertz CT molecular complexity index is 840. The lowest BCUT2D eigenvalue weighted by Gasteiger charge is -2.18. The summed E-state index contributed by atoms with van der Waals surface area (Å²) in [7, 11) is 3.14. The number of aromatic nitrogens is 1. The third kappa shape index (κ3) is 3.90. The predicted octanol–water partition coefficient (Wildman–Crippen LogP) is 1.71. The average Bonchev–Trinajstić information content (AvgIpc) is 2.53. The number of aryl methyl sites for hydroxylation is 2. The minimum absolute atomic E-state index is 0.0958. The van der Waals surface area contributed by atoms with Gasteiger partial charge in [0.25, 0.3) is 11.5 Å². The third-order valence-electron chi connectivity index (χ3n) is 3.96. The van der Waals surface area contributed by atoms with Crippen LogP contribution in [0.2, 0.25) is 0 Å². The quantitative estimate of drug-likeness (QED) is 0.929. The maximum absolute atomic E-state index is 12.3. The molecule has 2 rings (SSSR count). The highest BCUT2D eigenvalue weighted by Gasteiger charge is 2.16. The van der Waals surface area contributed by atoms with Gasteiger partial charge in [-0.05, 0) is 37.1 Å². The van der Waals surface area contributed by atoms with Crippen molar-refractivity contribution < 1.29 is 9.59 Å². The van der Waals surface area contributed by atoms with Crippen LogP contribution in [0.3, 0.4) is 0 Å². The Balaban J connectivity index is 2.05. The van der Waals surface area contributed by atoms with Crippen molar-refractivity contribution in [3.05, 3.63) is 63.6 Å². The van der Waals surface area contributed by atoms with Crippen LogP contribution in [0.25, 0.3) is 0 Å². The molecule has 1 heterocycles. The molecule has 0 unspecified atom stereocenters. The summed E-state index contributed by atoms with van der Waals surface area (Å²) in [6.45, 7) is 3.80. The largest absolute Gasteiger partial charge is 0.332 e. The minimum Gasteiger partial charge on any atom is -0.332 e. The average molecular weight is 327 g/mol. The van der Waals surface area contributed by atoms with Gasteiger partial charge in [-0.25, -0.2) is 0 Å². The summed E-state index contributed by atoms with van der Waals surface area (Å²) in [6.07, 6.45) is 1.53. The van der Waals surface area contributed by atoms with E-state index in [1.807, 2.05) is 32.0 Å². The van der Waals surface area contributed by atoms with Crippen LogP contribution in [-0.2, 0) is 11.8 Å². The molecule has 2 aromatic rings. The molecule has 1 aromatic carbocycles. The Hall–Kier alpha value is -2.89. The molecule has 0 aliphatic carbocycles. The molecule has 0 saturated carbocycles. The van der Waals surface area contributed by atoms with Crippen molar-refractivity contribution in [2.24, 2.45) is 7.05 Å². The third-order valence-corrected chi connectivity index (χ3v) is 3.96. The number of likely N-dealkylation sites (N-methyl/N-ethyl adjacent to an activating group) is 1. The number of pyridine rings is 1. The van der Waals surface area contributed by atoms with E-state index in [2.05, 4.69) is 5.32 Å². The fraction of sp³-hybridized carbons (Fsp3) is 0.278. The van der Waals surface area contributed by atoms with Gasteiger partial charge < -0.3 is 14.8 Å². The van der Waals surface area contributed by atoms with Crippen LogP contribution in [-0.4, -0.2) is 34.9 Å². The number of nitrogens with one attached hydrogen (secondary N) is 1. The molecule has 0 atom stereocenters.